The predicted octanol–water partition coefficient (Wildman–Crippen LogP) is 2.73. The van der Waals surface area contributed by atoms with E-state index >= 15 is 0 Å². The van der Waals surface area contributed by atoms with Crippen LogP contribution in [0.3, 0.4) is 0 Å². The zero-order valence-corrected chi connectivity index (χ0v) is 16.0. The van der Waals surface area contributed by atoms with Crippen LogP contribution in [0.4, 0.5) is 4.39 Å². The van der Waals surface area contributed by atoms with Gasteiger partial charge in [0.25, 0.3) is 0 Å². The van der Waals surface area contributed by atoms with Gasteiger partial charge in [-0.25, -0.2) is 9.18 Å². The Bertz CT molecular complexity index is 766. The van der Waals surface area contributed by atoms with Crippen LogP contribution in [-0.4, -0.2) is 42.0 Å². The van der Waals surface area contributed by atoms with Crippen molar-refractivity contribution in [2.45, 2.75) is 32.4 Å². The highest BCUT2D eigenvalue weighted by atomic mass is 19.1. The summed E-state index contributed by atoms with van der Waals surface area (Å²) in [5, 5.41) is 22.9. The molecule has 0 spiro atoms. The summed E-state index contributed by atoms with van der Waals surface area (Å²) in [6, 6.07) is 10.8. The second-order valence-corrected chi connectivity index (χ2v) is 6.39. The van der Waals surface area contributed by atoms with Crippen LogP contribution < -0.4 is 10.1 Å². The maximum atomic E-state index is 14.1. The zero-order chi connectivity index (χ0) is 20.5. The van der Waals surface area contributed by atoms with Crippen LogP contribution in [0.5, 0.6) is 11.5 Å². The number of hydrogen-bond donors (Lipinski definition) is 3. The van der Waals surface area contributed by atoms with Gasteiger partial charge < -0.3 is 25.0 Å². The van der Waals surface area contributed by atoms with Crippen LogP contribution in [0.2, 0.25) is 0 Å². The summed E-state index contributed by atoms with van der Waals surface area (Å²) < 4.78 is 24.0. The molecule has 0 heterocycles. The van der Waals surface area contributed by atoms with Crippen molar-refractivity contribution in [1.82, 2.24) is 5.32 Å². The van der Waals surface area contributed by atoms with Gasteiger partial charge in [0.15, 0.2) is 18.2 Å². The van der Waals surface area contributed by atoms with Gasteiger partial charge in [0.2, 0.25) is 0 Å². The smallest absolute Gasteiger partial charge is 0.344 e. The number of ether oxygens (including phenoxy) is 2. The van der Waals surface area contributed by atoms with Gasteiger partial charge in [-0.3, -0.25) is 0 Å². The molecule has 0 saturated carbocycles. The van der Waals surface area contributed by atoms with E-state index in [0.29, 0.717) is 18.5 Å². The first-order valence-corrected chi connectivity index (χ1v) is 9.18. The molecule has 28 heavy (non-hydrogen) atoms. The minimum atomic E-state index is -0.726. The lowest BCUT2D eigenvalue weighted by molar-refractivity contribution is -0.145. The molecule has 0 amide bonds. The van der Waals surface area contributed by atoms with E-state index < -0.39 is 17.9 Å². The van der Waals surface area contributed by atoms with E-state index in [-0.39, 0.29) is 30.8 Å². The number of rotatable bonds is 10. The van der Waals surface area contributed by atoms with Crippen LogP contribution in [0, 0.1) is 5.82 Å². The Balaban J connectivity index is 1.81. The topological polar surface area (TPSA) is 88.0 Å². The lowest BCUT2D eigenvalue weighted by Crippen LogP contribution is -2.33. The van der Waals surface area contributed by atoms with E-state index in [0.717, 1.165) is 5.56 Å². The number of phenols is 1. The molecule has 7 heteroatoms. The van der Waals surface area contributed by atoms with Crippen LogP contribution in [-0.2, 0) is 16.0 Å². The van der Waals surface area contributed by atoms with Crippen LogP contribution >= 0.6 is 0 Å². The molecule has 2 atom stereocenters. The second-order valence-electron chi connectivity index (χ2n) is 6.39. The molecule has 0 bridgehead atoms. The Morgan fingerprint density at radius 1 is 1.21 bits per heavy atom. The largest absolute Gasteiger partial charge is 0.508 e. The third kappa shape index (κ3) is 6.51. The lowest BCUT2D eigenvalue weighted by atomic mass is 10.0. The SMILES string of the molecule is CCOC(=O)COc1ccc(CCN[C@@H](C)[C@H](O)c2ccc(O)cc2)cc1F. The van der Waals surface area contributed by atoms with E-state index in [1.54, 1.807) is 25.1 Å². The fourth-order valence-corrected chi connectivity index (χ4v) is 2.67. The Hall–Kier alpha value is -2.64. The average molecular weight is 391 g/mol. The zero-order valence-electron chi connectivity index (χ0n) is 16.0. The highest BCUT2D eigenvalue weighted by molar-refractivity contribution is 5.71. The number of carbonyl (C=O) groups excluding carboxylic acids is 1. The standard InChI is InChI=1S/C21H26FNO5/c1-3-27-20(25)13-28-19-9-4-15(12-18(19)22)10-11-23-14(2)21(26)16-5-7-17(24)8-6-16/h4-9,12,14,21,23-24,26H,3,10-11,13H2,1-2H3/t14-,21-/m0/s1. The fourth-order valence-electron chi connectivity index (χ4n) is 2.67. The molecule has 0 saturated heterocycles. The molecule has 2 aromatic carbocycles. The first-order chi connectivity index (χ1) is 13.4. The summed E-state index contributed by atoms with van der Waals surface area (Å²) in [5.74, 6) is -0.940. The Labute approximate surface area is 163 Å². The van der Waals surface area contributed by atoms with Crippen molar-refractivity contribution in [1.29, 1.82) is 0 Å². The van der Waals surface area contributed by atoms with E-state index in [9.17, 15) is 19.4 Å². The number of aliphatic hydroxyl groups excluding tert-OH is 1. The summed E-state index contributed by atoms with van der Waals surface area (Å²) in [4.78, 5) is 11.3. The molecule has 0 aromatic heterocycles. The first kappa shape index (κ1) is 21.7. The van der Waals surface area contributed by atoms with Crippen LogP contribution in [0.1, 0.15) is 31.1 Å². The third-order valence-corrected chi connectivity index (χ3v) is 4.24. The van der Waals surface area contributed by atoms with E-state index in [2.05, 4.69) is 5.32 Å². The number of carbonyl (C=O) groups is 1. The molecule has 152 valence electrons. The van der Waals surface area contributed by atoms with E-state index in [4.69, 9.17) is 9.47 Å². The quantitative estimate of drug-likeness (QED) is 0.540. The molecule has 2 aromatic rings. The maximum Gasteiger partial charge on any atom is 0.344 e. The van der Waals surface area contributed by atoms with Crippen molar-refractivity contribution in [3.63, 3.8) is 0 Å². The summed E-state index contributed by atoms with van der Waals surface area (Å²) in [6.07, 6.45) is -0.169. The predicted molar refractivity (Wildman–Crippen MR) is 103 cm³/mol. The summed E-state index contributed by atoms with van der Waals surface area (Å²) in [7, 11) is 0. The highest BCUT2D eigenvalue weighted by Crippen LogP contribution is 2.20. The van der Waals surface area contributed by atoms with Crippen LogP contribution in [0.15, 0.2) is 42.5 Å². The fraction of sp³-hybridized carbons (Fsp3) is 0.381. The van der Waals surface area contributed by atoms with Gasteiger partial charge in [-0.05, 0) is 62.2 Å². The van der Waals surface area contributed by atoms with Gasteiger partial charge in [0.05, 0.1) is 12.7 Å². The number of halogens is 1. The van der Waals surface area contributed by atoms with Crippen molar-refractivity contribution in [3.05, 3.63) is 59.4 Å². The van der Waals surface area contributed by atoms with Crippen molar-refractivity contribution < 1.29 is 28.9 Å². The Kier molecular flexibility index (Phi) is 8.22. The number of benzene rings is 2. The molecule has 0 aliphatic rings. The molecule has 0 fully saturated rings. The van der Waals surface area contributed by atoms with Gasteiger partial charge >= 0.3 is 5.97 Å². The Morgan fingerprint density at radius 2 is 1.93 bits per heavy atom. The monoisotopic (exact) mass is 391 g/mol. The number of aliphatic hydroxyl groups is 1. The molecular weight excluding hydrogens is 365 g/mol. The van der Waals surface area contributed by atoms with Gasteiger partial charge in [0.1, 0.15) is 5.75 Å². The minimum absolute atomic E-state index is 0.000817. The van der Waals surface area contributed by atoms with Crippen molar-refractivity contribution in [3.8, 4) is 11.5 Å². The normalized spacial score (nSPS) is 13.0. The number of hydrogen-bond acceptors (Lipinski definition) is 6. The van der Waals surface area contributed by atoms with Gasteiger partial charge in [0, 0.05) is 6.04 Å². The summed E-state index contributed by atoms with van der Waals surface area (Å²) >= 11 is 0. The lowest BCUT2D eigenvalue weighted by Gasteiger charge is -2.21. The minimum Gasteiger partial charge on any atom is -0.508 e. The number of nitrogens with one attached hydrogen (secondary N) is 1. The molecule has 0 aliphatic carbocycles. The van der Waals surface area contributed by atoms with Crippen molar-refractivity contribution >= 4 is 5.97 Å². The molecular formula is C21H26FNO5. The molecule has 0 radical (unpaired) electrons. The van der Waals surface area contributed by atoms with Gasteiger partial charge in [-0.1, -0.05) is 18.2 Å². The Morgan fingerprint density at radius 3 is 2.57 bits per heavy atom. The first-order valence-electron chi connectivity index (χ1n) is 9.18. The van der Waals surface area contributed by atoms with E-state index in [1.807, 2.05) is 6.92 Å². The molecule has 2 rings (SSSR count). The van der Waals surface area contributed by atoms with E-state index in [1.165, 1.54) is 24.3 Å². The molecule has 0 aliphatic heterocycles. The summed E-state index contributed by atoms with van der Waals surface area (Å²) in [5.41, 5.74) is 1.46. The third-order valence-electron chi connectivity index (χ3n) is 4.24. The highest BCUT2D eigenvalue weighted by Gasteiger charge is 2.16. The average Bonchev–Trinajstić information content (AvgIpc) is 2.67. The molecule has 6 nitrogen and oxygen atoms in total. The summed E-state index contributed by atoms with van der Waals surface area (Å²) in [6.45, 7) is 3.99. The van der Waals surface area contributed by atoms with Gasteiger partial charge in [-0.15, -0.1) is 0 Å². The number of phenolic OH excluding ortho intramolecular Hbond substituents is 1. The second kappa shape index (κ2) is 10.6. The maximum absolute atomic E-state index is 14.1. The van der Waals surface area contributed by atoms with Crippen molar-refractivity contribution in [2.75, 3.05) is 19.8 Å². The molecule has 3 N–H and O–H groups in total. The number of aromatic hydroxyl groups is 1. The van der Waals surface area contributed by atoms with Crippen LogP contribution in [0.25, 0.3) is 0 Å². The number of esters is 1. The molecule has 0 unspecified atom stereocenters. The van der Waals surface area contributed by atoms with Crippen molar-refractivity contribution in [2.24, 2.45) is 0 Å². The van der Waals surface area contributed by atoms with Gasteiger partial charge in [-0.2, -0.15) is 0 Å².